The summed E-state index contributed by atoms with van der Waals surface area (Å²) in [6.07, 6.45) is 5.90. The second kappa shape index (κ2) is 11.5. The molecule has 0 fully saturated rings. The second-order valence-electron chi connectivity index (χ2n) is 8.49. The van der Waals surface area contributed by atoms with Crippen LogP contribution in [0.4, 0.5) is 0 Å². The number of para-hydroxylation sites is 2. The molecule has 0 saturated heterocycles. The molecule has 0 saturated carbocycles. The number of nitrogens with zero attached hydrogens (tertiary/aromatic N) is 3. The number of carbonyl (C=O) groups excluding carboxylic acids is 1. The molecule has 1 atom stereocenters. The van der Waals surface area contributed by atoms with Crippen molar-refractivity contribution in [2.45, 2.75) is 45.6 Å². The molecule has 0 aliphatic rings. The number of imidazole rings is 1. The van der Waals surface area contributed by atoms with E-state index < -0.39 is 0 Å². The number of fused-ring (bicyclic) bond motifs is 1. The van der Waals surface area contributed by atoms with E-state index in [9.17, 15) is 4.79 Å². The lowest BCUT2D eigenvalue weighted by molar-refractivity contribution is 0.0954. The highest BCUT2D eigenvalue weighted by molar-refractivity contribution is 5.93. The van der Waals surface area contributed by atoms with E-state index in [1.165, 1.54) is 5.56 Å². The molecule has 6 heteroatoms. The van der Waals surface area contributed by atoms with Crippen molar-refractivity contribution in [2.24, 2.45) is 0 Å². The third-order valence-electron chi connectivity index (χ3n) is 6.17. The van der Waals surface area contributed by atoms with Gasteiger partial charge in [-0.1, -0.05) is 38.1 Å². The minimum Gasteiger partial charge on any atom is -0.494 e. The summed E-state index contributed by atoms with van der Waals surface area (Å²) in [4.78, 5) is 21.1. The summed E-state index contributed by atoms with van der Waals surface area (Å²) < 4.78 is 8.23. The van der Waals surface area contributed by atoms with E-state index in [4.69, 9.17) is 9.72 Å². The summed E-state index contributed by atoms with van der Waals surface area (Å²) in [7, 11) is 0. The van der Waals surface area contributed by atoms with Crippen molar-refractivity contribution in [1.82, 2.24) is 19.9 Å². The van der Waals surface area contributed by atoms with Gasteiger partial charge in [0.1, 0.15) is 11.6 Å². The van der Waals surface area contributed by atoms with Crippen LogP contribution in [0.2, 0.25) is 0 Å². The Morgan fingerprint density at radius 2 is 1.82 bits per heavy atom. The quantitative estimate of drug-likeness (QED) is 0.307. The molecule has 0 spiro atoms. The first-order valence-corrected chi connectivity index (χ1v) is 12.0. The van der Waals surface area contributed by atoms with Crippen LogP contribution in [0.25, 0.3) is 11.0 Å². The van der Waals surface area contributed by atoms with Crippen LogP contribution in [0.1, 0.15) is 54.4 Å². The molecule has 1 N–H and O–H groups in total. The molecular weight excluding hydrogens is 424 g/mol. The molecule has 2 aromatic carbocycles. The molecule has 0 aliphatic heterocycles. The van der Waals surface area contributed by atoms with Gasteiger partial charge in [0.15, 0.2) is 0 Å². The first-order chi connectivity index (χ1) is 16.7. The average Bonchev–Trinajstić information content (AvgIpc) is 3.24. The standard InChI is InChI=1S/C28H32N4O2/c1-3-21(2)22-9-11-24(12-10-22)34-20-6-19-32-26-8-5-4-7-25(26)31-27(32)15-18-30-28(33)23-13-16-29-17-14-23/h4-5,7-14,16-17,21H,3,6,15,18-20H2,1-2H3,(H,30,33). The molecule has 2 aromatic heterocycles. The Labute approximate surface area is 201 Å². The van der Waals surface area contributed by atoms with Gasteiger partial charge >= 0.3 is 0 Å². The zero-order valence-electron chi connectivity index (χ0n) is 19.9. The van der Waals surface area contributed by atoms with Crippen LogP contribution < -0.4 is 10.1 Å². The monoisotopic (exact) mass is 456 g/mol. The third kappa shape index (κ3) is 5.81. The molecule has 0 bridgehead atoms. The van der Waals surface area contributed by atoms with Gasteiger partial charge in [-0.2, -0.15) is 0 Å². The fourth-order valence-corrected chi connectivity index (χ4v) is 4.00. The number of hydrogen-bond donors (Lipinski definition) is 1. The lowest BCUT2D eigenvalue weighted by atomic mass is 9.99. The van der Waals surface area contributed by atoms with Gasteiger partial charge in [-0.3, -0.25) is 9.78 Å². The Bertz CT molecular complexity index is 1200. The SMILES string of the molecule is CCC(C)c1ccc(OCCCn2c(CCNC(=O)c3ccncc3)nc3ccccc32)cc1. The van der Waals surface area contributed by atoms with Crippen LogP contribution in [0.5, 0.6) is 5.75 Å². The van der Waals surface area contributed by atoms with Crippen molar-refractivity contribution in [3.05, 3.63) is 90.0 Å². The Kier molecular flexibility index (Phi) is 7.91. The van der Waals surface area contributed by atoms with Crippen LogP contribution in [0, 0.1) is 0 Å². The highest BCUT2D eigenvalue weighted by Crippen LogP contribution is 2.22. The highest BCUT2D eigenvalue weighted by atomic mass is 16.5. The summed E-state index contributed by atoms with van der Waals surface area (Å²) in [5.74, 6) is 2.34. The van der Waals surface area contributed by atoms with Crippen molar-refractivity contribution in [2.75, 3.05) is 13.2 Å². The van der Waals surface area contributed by atoms with Crippen LogP contribution in [0.3, 0.4) is 0 Å². The summed E-state index contributed by atoms with van der Waals surface area (Å²) in [6, 6.07) is 20.0. The van der Waals surface area contributed by atoms with E-state index in [-0.39, 0.29) is 5.91 Å². The predicted octanol–water partition coefficient (Wildman–Crippen LogP) is 5.39. The zero-order chi connectivity index (χ0) is 23.8. The van der Waals surface area contributed by atoms with Gasteiger partial charge in [-0.25, -0.2) is 4.98 Å². The Morgan fingerprint density at radius 1 is 1.06 bits per heavy atom. The largest absolute Gasteiger partial charge is 0.494 e. The molecule has 176 valence electrons. The van der Waals surface area contributed by atoms with Crippen molar-refractivity contribution in [3.63, 3.8) is 0 Å². The van der Waals surface area contributed by atoms with Gasteiger partial charge in [0.2, 0.25) is 0 Å². The van der Waals surface area contributed by atoms with E-state index in [0.717, 1.165) is 42.0 Å². The second-order valence-corrected chi connectivity index (χ2v) is 8.49. The lowest BCUT2D eigenvalue weighted by Gasteiger charge is -2.12. The minimum absolute atomic E-state index is 0.0992. The van der Waals surface area contributed by atoms with Crippen LogP contribution in [-0.2, 0) is 13.0 Å². The first kappa shape index (κ1) is 23.5. The number of pyridine rings is 1. The number of benzene rings is 2. The van der Waals surface area contributed by atoms with Crippen molar-refractivity contribution < 1.29 is 9.53 Å². The fourth-order valence-electron chi connectivity index (χ4n) is 4.00. The normalized spacial score (nSPS) is 11.9. The Hall–Kier alpha value is -3.67. The van der Waals surface area contributed by atoms with Crippen molar-refractivity contribution >= 4 is 16.9 Å². The molecule has 4 rings (SSSR count). The van der Waals surface area contributed by atoms with Gasteiger partial charge in [0.25, 0.3) is 5.91 Å². The maximum absolute atomic E-state index is 12.3. The predicted molar refractivity (Wildman–Crippen MR) is 135 cm³/mol. The maximum Gasteiger partial charge on any atom is 0.251 e. The van der Waals surface area contributed by atoms with Crippen LogP contribution >= 0.6 is 0 Å². The van der Waals surface area contributed by atoms with Gasteiger partial charge in [0.05, 0.1) is 17.6 Å². The van der Waals surface area contributed by atoms with Crippen molar-refractivity contribution in [3.8, 4) is 5.75 Å². The number of aromatic nitrogens is 3. The van der Waals surface area contributed by atoms with E-state index in [0.29, 0.717) is 31.1 Å². The number of nitrogens with one attached hydrogen (secondary N) is 1. The van der Waals surface area contributed by atoms with E-state index in [1.54, 1.807) is 24.5 Å². The topological polar surface area (TPSA) is 69.0 Å². The van der Waals surface area contributed by atoms with Gasteiger partial charge in [-0.15, -0.1) is 0 Å². The van der Waals surface area contributed by atoms with Gasteiger partial charge in [-0.05, 0) is 60.7 Å². The molecule has 1 unspecified atom stereocenters. The van der Waals surface area contributed by atoms with Crippen molar-refractivity contribution in [1.29, 1.82) is 0 Å². The van der Waals surface area contributed by atoms with E-state index in [1.807, 2.05) is 18.2 Å². The molecule has 0 radical (unpaired) electrons. The fraction of sp³-hybridized carbons (Fsp3) is 0.321. The number of aryl methyl sites for hydroxylation is 1. The van der Waals surface area contributed by atoms with Gasteiger partial charge < -0.3 is 14.6 Å². The van der Waals surface area contributed by atoms with E-state index >= 15 is 0 Å². The molecule has 0 aliphatic carbocycles. The number of rotatable bonds is 11. The highest BCUT2D eigenvalue weighted by Gasteiger charge is 2.11. The molecule has 1 amide bonds. The van der Waals surface area contributed by atoms with Crippen LogP contribution in [0.15, 0.2) is 73.1 Å². The minimum atomic E-state index is -0.0992. The number of hydrogen-bond acceptors (Lipinski definition) is 4. The average molecular weight is 457 g/mol. The molecule has 34 heavy (non-hydrogen) atoms. The maximum atomic E-state index is 12.3. The summed E-state index contributed by atoms with van der Waals surface area (Å²) in [5.41, 5.74) is 4.04. The molecule has 6 nitrogen and oxygen atoms in total. The first-order valence-electron chi connectivity index (χ1n) is 12.0. The zero-order valence-corrected chi connectivity index (χ0v) is 19.9. The summed E-state index contributed by atoms with van der Waals surface area (Å²) in [6.45, 7) is 6.40. The smallest absolute Gasteiger partial charge is 0.251 e. The third-order valence-corrected chi connectivity index (χ3v) is 6.17. The Balaban J connectivity index is 1.34. The lowest BCUT2D eigenvalue weighted by Crippen LogP contribution is -2.26. The number of amides is 1. The summed E-state index contributed by atoms with van der Waals surface area (Å²) in [5, 5.41) is 2.98. The number of ether oxygens (including phenoxy) is 1. The Morgan fingerprint density at radius 3 is 2.59 bits per heavy atom. The summed E-state index contributed by atoms with van der Waals surface area (Å²) >= 11 is 0. The molecule has 2 heterocycles. The van der Waals surface area contributed by atoms with Gasteiger partial charge in [0, 0.05) is 37.5 Å². The van der Waals surface area contributed by atoms with Crippen LogP contribution in [-0.4, -0.2) is 33.6 Å². The molecule has 4 aromatic rings. The number of carbonyl (C=O) groups is 1. The van der Waals surface area contributed by atoms with E-state index in [2.05, 4.69) is 59.0 Å². The molecular formula is C28H32N4O2.